The van der Waals surface area contributed by atoms with Crippen molar-refractivity contribution in [2.24, 2.45) is 0 Å². The Morgan fingerprint density at radius 1 is 1.60 bits per heavy atom. The van der Waals surface area contributed by atoms with E-state index in [-0.39, 0.29) is 5.97 Å². The Morgan fingerprint density at radius 3 is 3.20 bits per heavy atom. The van der Waals surface area contributed by atoms with Crippen LogP contribution in [-0.2, 0) is 20.7 Å². The zero-order valence-electron chi connectivity index (χ0n) is 12.1. The molecule has 20 heavy (non-hydrogen) atoms. The Morgan fingerprint density at radius 2 is 2.45 bits per heavy atom. The molecule has 5 nitrogen and oxygen atoms in total. The van der Waals surface area contributed by atoms with Gasteiger partial charge in [-0.25, -0.2) is 4.98 Å². The summed E-state index contributed by atoms with van der Waals surface area (Å²) in [5, 5.41) is 3.07. The minimum Gasteiger partial charge on any atom is -0.469 e. The summed E-state index contributed by atoms with van der Waals surface area (Å²) >= 11 is 1.64. The number of methoxy groups -OCH3 is 1. The highest BCUT2D eigenvalue weighted by molar-refractivity contribution is 7.13. The maximum Gasteiger partial charge on any atom is 0.305 e. The van der Waals surface area contributed by atoms with Crippen molar-refractivity contribution in [1.29, 1.82) is 0 Å². The maximum atomic E-state index is 11.1. The lowest BCUT2D eigenvalue weighted by molar-refractivity contribution is -0.140. The Hall–Kier alpha value is -1.14. The van der Waals surface area contributed by atoms with Gasteiger partial charge in [0.1, 0.15) is 0 Å². The van der Waals surface area contributed by atoms with Gasteiger partial charge in [0.2, 0.25) is 0 Å². The molecule has 1 aliphatic rings. The second kappa shape index (κ2) is 7.59. The topological polar surface area (TPSA) is 51.7 Å². The monoisotopic (exact) mass is 298 g/mol. The van der Waals surface area contributed by atoms with E-state index in [1.807, 2.05) is 12.3 Å². The van der Waals surface area contributed by atoms with Crippen LogP contribution < -0.4 is 4.90 Å². The van der Waals surface area contributed by atoms with Crippen LogP contribution in [-0.4, -0.2) is 43.9 Å². The molecule has 0 aliphatic carbocycles. The highest BCUT2D eigenvalue weighted by Crippen LogP contribution is 2.25. The summed E-state index contributed by atoms with van der Waals surface area (Å²) in [7, 11) is 1.41. The first-order valence-corrected chi connectivity index (χ1v) is 7.98. The molecule has 0 aromatic carbocycles. The Bertz CT molecular complexity index is 434. The predicted molar refractivity (Wildman–Crippen MR) is 79.3 cm³/mol. The first kappa shape index (κ1) is 15.3. The zero-order valence-corrected chi connectivity index (χ0v) is 12.9. The standard InChI is InChI=1S/C14H22N2O3S/c1-3-19-12-5-4-8-16(9-12)14-15-11(10-20-14)6-7-13(17)18-2/h10,12H,3-9H2,1-2H3. The van der Waals surface area contributed by atoms with Gasteiger partial charge in [0.25, 0.3) is 0 Å². The summed E-state index contributed by atoms with van der Waals surface area (Å²) in [6.45, 7) is 4.75. The summed E-state index contributed by atoms with van der Waals surface area (Å²) in [6.07, 6.45) is 3.62. The lowest BCUT2D eigenvalue weighted by Gasteiger charge is -2.32. The predicted octanol–water partition coefficient (Wildman–Crippen LogP) is 2.25. The molecule has 1 fully saturated rings. The lowest BCUT2D eigenvalue weighted by atomic mass is 10.1. The van der Waals surface area contributed by atoms with Crippen molar-refractivity contribution in [3.05, 3.63) is 11.1 Å². The molecule has 0 bridgehead atoms. The second-order valence-corrected chi connectivity index (χ2v) is 5.70. The average Bonchev–Trinajstić information content (AvgIpc) is 2.94. The quantitative estimate of drug-likeness (QED) is 0.754. The van der Waals surface area contributed by atoms with Gasteiger partial charge in [0, 0.05) is 31.5 Å². The zero-order chi connectivity index (χ0) is 14.4. The van der Waals surface area contributed by atoms with Gasteiger partial charge in [-0.2, -0.15) is 0 Å². The van der Waals surface area contributed by atoms with E-state index in [1.54, 1.807) is 11.3 Å². The lowest BCUT2D eigenvalue weighted by Crippen LogP contribution is -2.39. The average molecular weight is 298 g/mol. The molecule has 1 aromatic rings. The van der Waals surface area contributed by atoms with Crippen molar-refractivity contribution in [3.8, 4) is 0 Å². The molecule has 1 aliphatic heterocycles. The molecule has 6 heteroatoms. The number of carbonyl (C=O) groups excluding carboxylic acids is 1. The summed E-state index contributed by atoms with van der Waals surface area (Å²) in [4.78, 5) is 18.0. The number of aromatic nitrogens is 1. The van der Waals surface area contributed by atoms with E-state index < -0.39 is 0 Å². The molecule has 0 radical (unpaired) electrons. The molecule has 1 aromatic heterocycles. The SMILES string of the molecule is CCOC1CCCN(c2nc(CCC(=O)OC)cs2)C1. The first-order valence-electron chi connectivity index (χ1n) is 7.10. The third-order valence-corrected chi connectivity index (χ3v) is 4.35. The summed E-state index contributed by atoms with van der Waals surface area (Å²) < 4.78 is 10.4. The van der Waals surface area contributed by atoms with E-state index >= 15 is 0 Å². The van der Waals surface area contributed by atoms with Crippen molar-refractivity contribution < 1.29 is 14.3 Å². The van der Waals surface area contributed by atoms with Gasteiger partial charge in [0.05, 0.1) is 25.3 Å². The number of hydrogen-bond acceptors (Lipinski definition) is 6. The maximum absolute atomic E-state index is 11.1. The number of nitrogens with zero attached hydrogens (tertiary/aromatic N) is 2. The number of ether oxygens (including phenoxy) is 2. The fourth-order valence-corrected chi connectivity index (χ4v) is 3.27. The third-order valence-electron chi connectivity index (χ3n) is 3.40. The minimum absolute atomic E-state index is 0.186. The molecule has 2 rings (SSSR count). The van der Waals surface area contributed by atoms with Crippen molar-refractivity contribution in [2.75, 3.05) is 31.7 Å². The van der Waals surface area contributed by atoms with Gasteiger partial charge in [-0.3, -0.25) is 4.79 Å². The van der Waals surface area contributed by atoms with Gasteiger partial charge < -0.3 is 14.4 Å². The number of thiazole rings is 1. The Kier molecular flexibility index (Phi) is 5.79. The van der Waals surface area contributed by atoms with Crippen molar-refractivity contribution in [2.45, 2.75) is 38.7 Å². The molecule has 112 valence electrons. The Balaban J connectivity index is 1.89. The van der Waals surface area contributed by atoms with Crippen LogP contribution in [0.15, 0.2) is 5.38 Å². The summed E-state index contributed by atoms with van der Waals surface area (Å²) in [6, 6.07) is 0. The molecule has 0 spiro atoms. The molecule has 1 saturated heterocycles. The number of piperidine rings is 1. The molecule has 2 heterocycles. The van der Waals surface area contributed by atoms with Crippen LogP contribution in [0.25, 0.3) is 0 Å². The van der Waals surface area contributed by atoms with Crippen LogP contribution in [0.4, 0.5) is 5.13 Å². The normalized spacial score (nSPS) is 19.1. The van der Waals surface area contributed by atoms with Gasteiger partial charge >= 0.3 is 5.97 Å². The number of rotatable bonds is 6. The molecule has 1 unspecified atom stereocenters. The molecule has 0 saturated carbocycles. The highest BCUT2D eigenvalue weighted by atomic mass is 32.1. The fourth-order valence-electron chi connectivity index (χ4n) is 2.37. The van der Waals surface area contributed by atoms with E-state index in [9.17, 15) is 4.79 Å². The van der Waals surface area contributed by atoms with Gasteiger partial charge in [-0.15, -0.1) is 11.3 Å². The molecule has 0 amide bonds. The first-order chi connectivity index (χ1) is 9.72. The Labute approximate surface area is 123 Å². The van der Waals surface area contributed by atoms with E-state index in [0.717, 1.165) is 43.4 Å². The van der Waals surface area contributed by atoms with Crippen LogP contribution >= 0.6 is 11.3 Å². The number of carbonyl (C=O) groups is 1. The van der Waals surface area contributed by atoms with Gasteiger partial charge in [-0.05, 0) is 19.8 Å². The van der Waals surface area contributed by atoms with Crippen LogP contribution in [0.1, 0.15) is 31.9 Å². The number of anilines is 1. The molecule has 0 N–H and O–H groups in total. The van der Waals surface area contributed by atoms with Crippen LogP contribution in [0.3, 0.4) is 0 Å². The van der Waals surface area contributed by atoms with E-state index in [0.29, 0.717) is 18.9 Å². The third kappa shape index (κ3) is 4.18. The van der Waals surface area contributed by atoms with Crippen molar-refractivity contribution >= 4 is 22.4 Å². The molecule has 1 atom stereocenters. The molecular weight excluding hydrogens is 276 g/mol. The van der Waals surface area contributed by atoms with Crippen LogP contribution in [0.2, 0.25) is 0 Å². The van der Waals surface area contributed by atoms with E-state index in [1.165, 1.54) is 7.11 Å². The van der Waals surface area contributed by atoms with E-state index in [2.05, 4.69) is 14.6 Å². The number of aryl methyl sites for hydroxylation is 1. The minimum atomic E-state index is -0.186. The summed E-state index contributed by atoms with van der Waals surface area (Å²) in [5.74, 6) is -0.186. The molecular formula is C14H22N2O3S. The van der Waals surface area contributed by atoms with E-state index in [4.69, 9.17) is 4.74 Å². The summed E-state index contributed by atoms with van der Waals surface area (Å²) in [5.41, 5.74) is 0.967. The largest absolute Gasteiger partial charge is 0.469 e. The van der Waals surface area contributed by atoms with Gasteiger partial charge in [0.15, 0.2) is 5.13 Å². The number of esters is 1. The highest BCUT2D eigenvalue weighted by Gasteiger charge is 2.22. The number of hydrogen-bond donors (Lipinski definition) is 0. The van der Waals surface area contributed by atoms with Crippen LogP contribution in [0.5, 0.6) is 0 Å². The smallest absolute Gasteiger partial charge is 0.305 e. The van der Waals surface area contributed by atoms with Gasteiger partial charge in [-0.1, -0.05) is 0 Å². The van der Waals surface area contributed by atoms with Crippen molar-refractivity contribution in [1.82, 2.24) is 4.98 Å². The van der Waals surface area contributed by atoms with Crippen LogP contribution in [0, 0.1) is 0 Å². The fraction of sp³-hybridized carbons (Fsp3) is 0.714. The second-order valence-electron chi connectivity index (χ2n) is 4.86. The van der Waals surface area contributed by atoms with Crippen molar-refractivity contribution in [3.63, 3.8) is 0 Å².